The molecule has 0 bridgehead atoms. The SMILES string of the molecule is CC(Sc1cccc(NC(=O)/C(=C\c2ccc(Cl)cc2Cl)NC(=O)c2ccccc2)c1)C(=O)Nc1ccncc1. The van der Waals surface area contributed by atoms with Crippen LogP contribution in [0.3, 0.4) is 0 Å². The van der Waals surface area contributed by atoms with E-state index in [2.05, 4.69) is 20.9 Å². The van der Waals surface area contributed by atoms with Crippen molar-refractivity contribution in [2.24, 2.45) is 0 Å². The van der Waals surface area contributed by atoms with E-state index in [-0.39, 0.29) is 11.6 Å². The summed E-state index contributed by atoms with van der Waals surface area (Å²) in [6, 6.07) is 23.9. The fourth-order valence-corrected chi connectivity index (χ4v) is 4.89. The van der Waals surface area contributed by atoms with Crippen LogP contribution >= 0.6 is 35.0 Å². The molecule has 0 spiro atoms. The zero-order valence-electron chi connectivity index (χ0n) is 21.2. The van der Waals surface area contributed by atoms with Crippen LogP contribution in [0.5, 0.6) is 0 Å². The lowest BCUT2D eigenvalue weighted by atomic mass is 10.1. The minimum Gasteiger partial charge on any atom is -0.325 e. The molecule has 1 atom stereocenters. The van der Waals surface area contributed by atoms with Crippen molar-refractivity contribution in [3.05, 3.63) is 124 Å². The standard InChI is InChI=1S/C30H24Cl2N4O3S/c1-19(28(37)34-23-12-14-33-15-13-23)40-25-9-5-8-24(18-25)35-30(39)27(16-21-10-11-22(31)17-26(21)32)36-29(38)20-6-3-2-4-7-20/h2-19H,1H3,(H,35,39)(H,36,38)(H,33,34,37)/b27-16+. The van der Waals surface area contributed by atoms with Gasteiger partial charge in [0.2, 0.25) is 5.91 Å². The first-order chi connectivity index (χ1) is 19.3. The molecule has 1 unspecified atom stereocenters. The van der Waals surface area contributed by atoms with Crippen LogP contribution in [0.2, 0.25) is 10.0 Å². The number of carbonyl (C=O) groups is 3. The largest absolute Gasteiger partial charge is 0.325 e. The van der Waals surface area contributed by atoms with Gasteiger partial charge in [0.1, 0.15) is 5.70 Å². The molecule has 4 rings (SSSR count). The summed E-state index contributed by atoms with van der Waals surface area (Å²) in [5.74, 6) is -1.18. The molecule has 3 amide bonds. The van der Waals surface area contributed by atoms with Crippen molar-refractivity contribution < 1.29 is 14.4 Å². The molecule has 40 heavy (non-hydrogen) atoms. The van der Waals surface area contributed by atoms with Gasteiger partial charge in [0.05, 0.1) is 5.25 Å². The van der Waals surface area contributed by atoms with E-state index in [0.717, 1.165) is 4.90 Å². The molecule has 0 saturated heterocycles. The van der Waals surface area contributed by atoms with E-state index >= 15 is 0 Å². The van der Waals surface area contributed by atoms with Crippen molar-refractivity contribution in [1.29, 1.82) is 0 Å². The number of rotatable bonds is 9. The van der Waals surface area contributed by atoms with Gasteiger partial charge in [-0.05, 0) is 73.2 Å². The number of anilines is 2. The third-order valence-electron chi connectivity index (χ3n) is 5.51. The van der Waals surface area contributed by atoms with Crippen LogP contribution in [0.25, 0.3) is 6.08 Å². The van der Waals surface area contributed by atoms with Crippen LogP contribution in [0.4, 0.5) is 11.4 Å². The van der Waals surface area contributed by atoms with E-state index in [0.29, 0.717) is 32.5 Å². The average Bonchev–Trinajstić information content (AvgIpc) is 2.95. The number of carbonyl (C=O) groups excluding carboxylic acids is 3. The highest BCUT2D eigenvalue weighted by Crippen LogP contribution is 2.27. The van der Waals surface area contributed by atoms with Gasteiger partial charge in [0, 0.05) is 44.3 Å². The molecule has 0 radical (unpaired) electrons. The number of pyridine rings is 1. The molecular formula is C30H24Cl2N4O3S. The first kappa shape index (κ1) is 28.9. The maximum atomic E-state index is 13.4. The van der Waals surface area contributed by atoms with Crippen molar-refractivity contribution in [1.82, 2.24) is 10.3 Å². The number of aromatic nitrogens is 1. The second kappa shape index (κ2) is 13.8. The number of amides is 3. The number of hydrogen-bond donors (Lipinski definition) is 3. The zero-order valence-corrected chi connectivity index (χ0v) is 23.6. The molecule has 202 valence electrons. The number of benzene rings is 3. The highest BCUT2D eigenvalue weighted by molar-refractivity contribution is 8.00. The summed E-state index contributed by atoms with van der Waals surface area (Å²) in [4.78, 5) is 43.6. The molecule has 0 aliphatic carbocycles. The van der Waals surface area contributed by atoms with E-state index < -0.39 is 17.1 Å². The van der Waals surface area contributed by atoms with E-state index in [1.807, 2.05) is 6.07 Å². The normalized spacial score (nSPS) is 11.8. The van der Waals surface area contributed by atoms with Crippen LogP contribution in [-0.4, -0.2) is 28.0 Å². The Morgan fingerprint density at radius 1 is 0.850 bits per heavy atom. The fourth-order valence-electron chi connectivity index (χ4n) is 3.50. The Bertz CT molecular complexity index is 1550. The molecule has 1 heterocycles. The van der Waals surface area contributed by atoms with Crippen LogP contribution in [0, 0.1) is 0 Å². The van der Waals surface area contributed by atoms with Gasteiger partial charge in [-0.1, -0.05) is 53.5 Å². The summed E-state index contributed by atoms with van der Waals surface area (Å²) in [5.41, 5.74) is 2.02. The predicted octanol–water partition coefficient (Wildman–Crippen LogP) is 6.92. The maximum absolute atomic E-state index is 13.4. The Morgan fingerprint density at radius 2 is 1.60 bits per heavy atom. The van der Waals surface area contributed by atoms with Crippen molar-refractivity contribution in [2.45, 2.75) is 17.1 Å². The van der Waals surface area contributed by atoms with Gasteiger partial charge >= 0.3 is 0 Å². The molecule has 0 aliphatic heterocycles. The fraction of sp³-hybridized carbons (Fsp3) is 0.0667. The predicted molar refractivity (Wildman–Crippen MR) is 162 cm³/mol. The number of halogens is 2. The van der Waals surface area contributed by atoms with Gasteiger partial charge in [-0.2, -0.15) is 0 Å². The number of hydrogen-bond acceptors (Lipinski definition) is 5. The molecular weight excluding hydrogens is 567 g/mol. The minimum atomic E-state index is -0.555. The van der Waals surface area contributed by atoms with E-state index in [9.17, 15) is 14.4 Å². The van der Waals surface area contributed by atoms with Gasteiger partial charge in [0.25, 0.3) is 11.8 Å². The molecule has 0 saturated carbocycles. The molecule has 3 aromatic carbocycles. The second-order valence-corrected chi connectivity index (χ2v) is 10.8. The van der Waals surface area contributed by atoms with Crippen molar-refractivity contribution in [3.63, 3.8) is 0 Å². The van der Waals surface area contributed by atoms with E-state index in [1.54, 1.807) is 98.2 Å². The lowest BCUT2D eigenvalue weighted by molar-refractivity contribution is -0.115. The molecule has 0 aliphatic rings. The second-order valence-electron chi connectivity index (χ2n) is 8.51. The van der Waals surface area contributed by atoms with Crippen LogP contribution < -0.4 is 16.0 Å². The first-order valence-electron chi connectivity index (χ1n) is 12.1. The van der Waals surface area contributed by atoms with Gasteiger partial charge in [-0.3, -0.25) is 19.4 Å². The molecule has 10 heteroatoms. The van der Waals surface area contributed by atoms with Crippen molar-refractivity contribution in [3.8, 4) is 0 Å². The van der Waals surface area contributed by atoms with Gasteiger partial charge < -0.3 is 16.0 Å². The maximum Gasteiger partial charge on any atom is 0.272 e. The van der Waals surface area contributed by atoms with E-state index in [1.165, 1.54) is 17.8 Å². The van der Waals surface area contributed by atoms with Crippen LogP contribution in [0.15, 0.2) is 108 Å². The lowest BCUT2D eigenvalue weighted by Gasteiger charge is -2.14. The van der Waals surface area contributed by atoms with Gasteiger partial charge in [0.15, 0.2) is 0 Å². The Labute approximate surface area is 246 Å². The summed E-state index contributed by atoms with van der Waals surface area (Å²) in [6.45, 7) is 1.79. The monoisotopic (exact) mass is 590 g/mol. The van der Waals surface area contributed by atoms with Gasteiger partial charge in [-0.15, -0.1) is 11.8 Å². The number of nitrogens with one attached hydrogen (secondary N) is 3. The zero-order chi connectivity index (χ0) is 28.5. The Balaban J connectivity index is 1.51. The Kier molecular flexibility index (Phi) is 9.96. The third kappa shape index (κ3) is 8.19. The molecule has 7 nitrogen and oxygen atoms in total. The molecule has 4 aromatic rings. The summed E-state index contributed by atoms with van der Waals surface area (Å²) in [7, 11) is 0. The minimum absolute atomic E-state index is 0.0128. The average molecular weight is 592 g/mol. The highest BCUT2D eigenvalue weighted by Gasteiger charge is 2.18. The summed E-state index contributed by atoms with van der Waals surface area (Å²) >= 11 is 13.7. The third-order valence-corrected chi connectivity index (χ3v) is 7.17. The summed E-state index contributed by atoms with van der Waals surface area (Å²) in [6.07, 6.45) is 4.69. The smallest absolute Gasteiger partial charge is 0.272 e. The van der Waals surface area contributed by atoms with Crippen LogP contribution in [0.1, 0.15) is 22.8 Å². The Morgan fingerprint density at radius 3 is 2.33 bits per heavy atom. The molecule has 3 N–H and O–H groups in total. The topological polar surface area (TPSA) is 100 Å². The Hall–Kier alpha value is -4.11. The van der Waals surface area contributed by atoms with Crippen LogP contribution in [-0.2, 0) is 9.59 Å². The summed E-state index contributed by atoms with van der Waals surface area (Å²) < 4.78 is 0. The number of thioether (sulfide) groups is 1. The first-order valence-corrected chi connectivity index (χ1v) is 13.7. The highest BCUT2D eigenvalue weighted by atomic mass is 35.5. The molecule has 0 fully saturated rings. The quantitative estimate of drug-likeness (QED) is 0.145. The van der Waals surface area contributed by atoms with E-state index in [4.69, 9.17) is 23.2 Å². The van der Waals surface area contributed by atoms with Crippen molar-refractivity contribution in [2.75, 3.05) is 10.6 Å². The lowest BCUT2D eigenvalue weighted by Crippen LogP contribution is -2.30. The number of nitrogens with zero attached hydrogens (tertiary/aromatic N) is 1. The summed E-state index contributed by atoms with van der Waals surface area (Å²) in [5, 5.41) is 8.71. The van der Waals surface area contributed by atoms with Crippen molar-refractivity contribution >= 4 is 70.1 Å². The van der Waals surface area contributed by atoms with Gasteiger partial charge in [-0.25, -0.2) is 0 Å². The molecule has 1 aromatic heterocycles.